The van der Waals surface area contributed by atoms with Crippen molar-refractivity contribution in [1.29, 1.82) is 0 Å². The van der Waals surface area contributed by atoms with Crippen molar-refractivity contribution in [2.45, 2.75) is 25.3 Å². The van der Waals surface area contributed by atoms with Crippen LogP contribution in [0.2, 0.25) is 0 Å². The zero-order valence-electron chi connectivity index (χ0n) is 17.8. The smallest absolute Gasteiger partial charge is 0.330 e. The number of nitrogens with zero attached hydrogens (tertiary/aromatic N) is 2. The Labute approximate surface area is 181 Å². The van der Waals surface area contributed by atoms with Crippen LogP contribution in [0.25, 0.3) is 6.08 Å². The molecule has 0 saturated heterocycles. The van der Waals surface area contributed by atoms with E-state index in [0.29, 0.717) is 0 Å². The van der Waals surface area contributed by atoms with Gasteiger partial charge in [0.15, 0.2) is 0 Å². The molecular formula is C25H27N3O3. The van der Waals surface area contributed by atoms with Gasteiger partial charge in [-0.1, -0.05) is 60.7 Å². The highest BCUT2D eigenvalue weighted by molar-refractivity contribution is 5.91. The molecule has 0 fully saturated rings. The van der Waals surface area contributed by atoms with Gasteiger partial charge in [-0.05, 0) is 36.5 Å². The summed E-state index contributed by atoms with van der Waals surface area (Å²) in [5.74, 6) is -0.288. The number of carbonyl (C=O) groups is 1. The number of carbonyl (C=O) groups excluding carboxylic acids is 1. The van der Waals surface area contributed by atoms with Gasteiger partial charge >= 0.3 is 5.69 Å². The molecule has 2 aromatic carbocycles. The quantitative estimate of drug-likeness (QED) is 0.573. The molecule has 1 amide bonds. The second-order valence-corrected chi connectivity index (χ2v) is 7.53. The summed E-state index contributed by atoms with van der Waals surface area (Å²) >= 11 is 0. The Balaban J connectivity index is 1.70. The average molecular weight is 418 g/mol. The first kappa shape index (κ1) is 22.0. The van der Waals surface area contributed by atoms with Crippen LogP contribution in [0.3, 0.4) is 0 Å². The van der Waals surface area contributed by atoms with Crippen LogP contribution in [-0.2, 0) is 25.3 Å². The first-order chi connectivity index (χ1) is 15.0. The Morgan fingerprint density at radius 2 is 1.65 bits per heavy atom. The molecule has 1 atom stereocenters. The summed E-state index contributed by atoms with van der Waals surface area (Å²) in [6, 6.07) is 20.0. The van der Waals surface area contributed by atoms with E-state index >= 15 is 0 Å². The van der Waals surface area contributed by atoms with E-state index in [1.165, 1.54) is 35.5 Å². The second-order valence-electron chi connectivity index (χ2n) is 7.53. The van der Waals surface area contributed by atoms with Crippen molar-refractivity contribution in [3.05, 3.63) is 110 Å². The van der Waals surface area contributed by atoms with E-state index in [4.69, 9.17) is 0 Å². The number of amides is 1. The van der Waals surface area contributed by atoms with E-state index in [2.05, 4.69) is 17.4 Å². The molecule has 6 nitrogen and oxygen atoms in total. The van der Waals surface area contributed by atoms with E-state index < -0.39 is 11.2 Å². The highest BCUT2D eigenvalue weighted by Gasteiger charge is 2.13. The van der Waals surface area contributed by atoms with Crippen molar-refractivity contribution >= 4 is 12.0 Å². The van der Waals surface area contributed by atoms with Crippen LogP contribution in [0.15, 0.2) is 82.5 Å². The number of aryl methyl sites for hydroxylation is 2. The van der Waals surface area contributed by atoms with Gasteiger partial charge in [-0.2, -0.15) is 0 Å². The van der Waals surface area contributed by atoms with Gasteiger partial charge in [0.05, 0.1) is 11.6 Å². The maximum absolute atomic E-state index is 12.6. The summed E-state index contributed by atoms with van der Waals surface area (Å²) in [4.78, 5) is 36.7. The van der Waals surface area contributed by atoms with Crippen LogP contribution in [-0.4, -0.2) is 15.0 Å². The molecule has 0 radical (unpaired) electrons. The van der Waals surface area contributed by atoms with Gasteiger partial charge in [0, 0.05) is 26.4 Å². The molecule has 1 aromatic heterocycles. The first-order valence-electron chi connectivity index (χ1n) is 10.3. The Morgan fingerprint density at radius 1 is 1.00 bits per heavy atom. The lowest BCUT2D eigenvalue weighted by Crippen LogP contribution is -2.37. The minimum Gasteiger partial charge on any atom is -0.346 e. The minimum atomic E-state index is -0.436. The number of nitrogens with one attached hydrogen (secondary N) is 1. The Morgan fingerprint density at radius 3 is 2.32 bits per heavy atom. The molecule has 0 aliphatic rings. The maximum Gasteiger partial charge on any atom is 0.330 e. The number of aromatic nitrogens is 2. The third-order valence-corrected chi connectivity index (χ3v) is 5.21. The van der Waals surface area contributed by atoms with E-state index in [1.54, 1.807) is 7.05 Å². The normalized spacial score (nSPS) is 12.1. The van der Waals surface area contributed by atoms with Gasteiger partial charge in [-0.3, -0.25) is 14.2 Å². The standard InChI is InChI=1S/C25H27N3O3/c1-27-18-21(24(30)28(2)25(27)31)16-17-23(29)26-22(20-13-7-4-8-14-20)15-9-12-19-10-5-3-6-11-19/h3-8,10-11,13-14,16-18,22H,9,12,15H2,1-2H3,(H,26,29)/b17-16+. The molecule has 3 aromatic rings. The maximum atomic E-state index is 12.6. The summed E-state index contributed by atoms with van der Waals surface area (Å²) in [7, 11) is 2.98. The fraction of sp³-hybridized carbons (Fsp3) is 0.240. The molecule has 0 aliphatic carbocycles. The molecule has 6 heteroatoms. The lowest BCUT2D eigenvalue weighted by molar-refractivity contribution is -0.117. The number of rotatable bonds is 8. The van der Waals surface area contributed by atoms with E-state index in [0.717, 1.165) is 29.4 Å². The summed E-state index contributed by atoms with van der Waals surface area (Å²) < 4.78 is 2.34. The molecule has 0 aliphatic heterocycles. The van der Waals surface area contributed by atoms with Crippen molar-refractivity contribution in [1.82, 2.24) is 14.5 Å². The van der Waals surface area contributed by atoms with Gasteiger partial charge in [0.2, 0.25) is 5.91 Å². The molecule has 3 rings (SSSR count). The summed E-state index contributed by atoms with van der Waals surface area (Å²) in [6.45, 7) is 0. The highest BCUT2D eigenvalue weighted by atomic mass is 16.2. The first-order valence-corrected chi connectivity index (χ1v) is 10.3. The molecule has 31 heavy (non-hydrogen) atoms. The Kier molecular flexibility index (Phi) is 7.38. The second kappa shape index (κ2) is 10.4. The lowest BCUT2D eigenvalue weighted by atomic mass is 9.99. The van der Waals surface area contributed by atoms with Crippen molar-refractivity contribution in [3.8, 4) is 0 Å². The van der Waals surface area contributed by atoms with Gasteiger partial charge in [-0.15, -0.1) is 0 Å². The lowest BCUT2D eigenvalue weighted by Gasteiger charge is -2.18. The third kappa shape index (κ3) is 5.92. The number of hydrogen-bond donors (Lipinski definition) is 1. The number of benzene rings is 2. The molecule has 1 heterocycles. The predicted octanol–water partition coefficient (Wildman–Crippen LogP) is 2.98. The van der Waals surface area contributed by atoms with Gasteiger partial charge in [0.25, 0.3) is 5.56 Å². The van der Waals surface area contributed by atoms with Crippen molar-refractivity contribution in [2.75, 3.05) is 0 Å². The van der Waals surface area contributed by atoms with Crippen molar-refractivity contribution < 1.29 is 4.79 Å². The summed E-state index contributed by atoms with van der Waals surface area (Å²) in [5, 5.41) is 3.05. The largest absolute Gasteiger partial charge is 0.346 e. The summed E-state index contributed by atoms with van der Waals surface area (Å²) in [6.07, 6.45) is 6.87. The van der Waals surface area contributed by atoms with Gasteiger partial charge in [-0.25, -0.2) is 4.79 Å². The Hall–Kier alpha value is -3.67. The molecule has 0 saturated carbocycles. The van der Waals surface area contributed by atoms with E-state index in [9.17, 15) is 14.4 Å². The van der Waals surface area contributed by atoms with Crippen LogP contribution >= 0.6 is 0 Å². The van der Waals surface area contributed by atoms with Crippen molar-refractivity contribution in [2.24, 2.45) is 14.1 Å². The topological polar surface area (TPSA) is 73.1 Å². The zero-order chi connectivity index (χ0) is 22.2. The predicted molar refractivity (Wildman–Crippen MR) is 123 cm³/mol. The van der Waals surface area contributed by atoms with Gasteiger partial charge < -0.3 is 9.88 Å². The fourth-order valence-electron chi connectivity index (χ4n) is 3.50. The minimum absolute atomic E-state index is 0.134. The number of hydrogen-bond acceptors (Lipinski definition) is 3. The van der Waals surface area contributed by atoms with Crippen molar-refractivity contribution in [3.63, 3.8) is 0 Å². The molecule has 0 spiro atoms. The van der Waals surface area contributed by atoms with E-state index in [1.807, 2.05) is 48.5 Å². The SMILES string of the molecule is Cn1cc(/C=C/C(=O)NC(CCCc2ccccc2)c2ccccc2)c(=O)n(C)c1=O. The molecule has 1 unspecified atom stereocenters. The van der Waals surface area contributed by atoms with E-state index in [-0.39, 0.29) is 17.5 Å². The third-order valence-electron chi connectivity index (χ3n) is 5.21. The monoisotopic (exact) mass is 417 g/mol. The van der Waals surface area contributed by atoms with Gasteiger partial charge in [0.1, 0.15) is 0 Å². The van der Waals surface area contributed by atoms with Crippen LogP contribution in [0.1, 0.15) is 35.6 Å². The molecule has 160 valence electrons. The average Bonchev–Trinajstić information content (AvgIpc) is 2.80. The Bertz CT molecular complexity index is 1160. The van der Waals surface area contributed by atoms with Crippen LogP contribution in [0, 0.1) is 0 Å². The van der Waals surface area contributed by atoms with Crippen LogP contribution < -0.4 is 16.6 Å². The fourth-order valence-corrected chi connectivity index (χ4v) is 3.50. The van der Waals surface area contributed by atoms with Crippen LogP contribution in [0.5, 0.6) is 0 Å². The molecule has 1 N–H and O–H groups in total. The zero-order valence-corrected chi connectivity index (χ0v) is 17.8. The summed E-state index contributed by atoms with van der Waals surface area (Å²) in [5.41, 5.74) is 1.74. The molecular weight excluding hydrogens is 390 g/mol. The molecule has 0 bridgehead atoms. The highest BCUT2D eigenvalue weighted by Crippen LogP contribution is 2.20. The van der Waals surface area contributed by atoms with Crippen LogP contribution in [0.4, 0.5) is 0 Å².